The van der Waals surface area contributed by atoms with E-state index in [0.29, 0.717) is 23.6 Å². The Morgan fingerprint density at radius 3 is 2.83 bits per heavy atom. The van der Waals surface area contributed by atoms with E-state index in [-0.39, 0.29) is 17.4 Å². The molecule has 5 heteroatoms. The molecule has 0 atom stereocenters. The third kappa shape index (κ3) is 3.17. The van der Waals surface area contributed by atoms with Crippen molar-refractivity contribution >= 4 is 23.2 Å². The van der Waals surface area contributed by atoms with Crippen molar-refractivity contribution in [3.63, 3.8) is 0 Å². The van der Waals surface area contributed by atoms with Crippen LogP contribution in [0.25, 0.3) is 0 Å². The monoisotopic (exact) mass is 346 g/mol. The third-order valence-electron chi connectivity index (χ3n) is 4.57. The fraction of sp³-hybridized carbons (Fsp3) is 0.316. The molecule has 126 valence electrons. The molecule has 1 heterocycles. The Labute approximate surface area is 146 Å². The lowest BCUT2D eigenvalue weighted by Crippen LogP contribution is -2.35. The van der Waals surface area contributed by atoms with Crippen LogP contribution in [0.15, 0.2) is 36.4 Å². The average molecular weight is 347 g/mol. The maximum absolute atomic E-state index is 14.7. The summed E-state index contributed by atoms with van der Waals surface area (Å²) < 4.78 is 14.7. The minimum Gasteiger partial charge on any atom is -0.323 e. The van der Waals surface area contributed by atoms with Crippen molar-refractivity contribution in [1.82, 2.24) is 5.32 Å². The van der Waals surface area contributed by atoms with Crippen molar-refractivity contribution in [2.24, 2.45) is 0 Å². The molecule has 0 spiro atoms. The SMILES string of the molecule is CC(C)(C(=O)Nc1ccc2c(c1F)CCNC2)c1cccc(Cl)c1. The molecule has 1 aliphatic rings. The van der Waals surface area contributed by atoms with Gasteiger partial charge in [0.25, 0.3) is 0 Å². The Balaban J connectivity index is 1.87. The number of hydrogen-bond donors (Lipinski definition) is 2. The summed E-state index contributed by atoms with van der Waals surface area (Å²) in [5.41, 5.74) is 1.83. The van der Waals surface area contributed by atoms with Gasteiger partial charge in [0.1, 0.15) is 5.82 Å². The molecule has 0 aromatic heterocycles. The van der Waals surface area contributed by atoms with Gasteiger partial charge in [-0.25, -0.2) is 4.39 Å². The molecule has 3 nitrogen and oxygen atoms in total. The van der Waals surface area contributed by atoms with Gasteiger partial charge in [-0.1, -0.05) is 29.8 Å². The lowest BCUT2D eigenvalue weighted by atomic mass is 9.83. The molecule has 24 heavy (non-hydrogen) atoms. The summed E-state index contributed by atoms with van der Waals surface area (Å²) in [4.78, 5) is 12.7. The highest BCUT2D eigenvalue weighted by molar-refractivity contribution is 6.30. The first kappa shape index (κ1) is 16.9. The van der Waals surface area contributed by atoms with E-state index in [9.17, 15) is 9.18 Å². The number of halogens is 2. The van der Waals surface area contributed by atoms with Crippen molar-refractivity contribution in [1.29, 1.82) is 0 Å². The number of benzene rings is 2. The fourth-order valence-corrected chi connectivity index (χ4v) is 3.11. The van der Waals surface area contributed by atoms with Crippen LogP contribution in [0.4, 0.5) is 10.1 Å². The topological polar surface area (TPSA) is 41.1 Å². The first-order chi connectivity index (χ1) is 11.4. The number of rotatable bonds is 3. The van der Waals surface area contributed by atoms with Crippen LogP contribution in [0.2, 0.25) is 5.02 Å². The molecular weight excluding hydrogens is 327 g/mol. The Morgan fingerprint density at radius 1 is 1.29 bits per heavy atom. The molecule has 0 saturated heterocycles. The van der Waals surface area contributed by atoms with E-state index >= 15 is 0 Å². The number of carbonyl (C=O) groups excluding carboxylic acids is 1. The molecule has 2 aromatic carbocycles. The second-order valence-electron chi connectivity index (χ2n) is 6.58. The summed E-state index contributed by atoms with van der Waals surface area (Å²) in [5, 5.41) is 6.52. The van der Waals surface area contributed by atoms with Crippen LogP contribution < -0.4 is 10.6 Å². The van der Waals surface area contributed by atoms with Crippen LogP contribution in [-0.4, -0.2) is 12.5 Å². The zero-order valence-corrected chi connectivity index (χ0v) is 14.5. The van der Waals surface area contributed by atoms with E-state index in [2.05, 4.69) is 10.6 Å². The summed E-state index contributed by atoms with van der Waals surface area (Å²) in [7, 11) is 0. The van der Waals surface area contributed by atoms with Crippen LogP contribution in [-0.2, 0) is 23.2 Å². The number of fused-ring (bicyclic) bond motifs is 1. The van der Waals surface area contributed by atoms with Gasteiger partial charge in [0.05, 0.1) is 11.1 Å². The van der Waals surface area contributed by atoms with E-state index in [4.69, 9.17) is 11.6 Å². The molecule has 2 aromatic rings. The Morgan fingerprint density at radius 2 is 2.08 bits per heavy atom. The molecule has 0 fully saturated rings. The van der Waals surface area contributed by atoms with Crippen LogP contribution in [0.3, 0.4) is 0 Å². The summed E-state index contributed by atoms with van der Waals surface area (Å²) >= 11 is 6.02. The average Bonchev–Trinajstić information content (AvgIpc) is 2.57. The minimum absolute atomic E-state index is 0.232. The summed E-state index contributed by atoms with van der Waals surface area (Å²) in [6.07, 6.45) is 0.628. The second-order valence-corrected chi connectivity index (χ2v) is 7.02. The van der Waals surface area contributed by atoms with E-state index in [1.165, 1.54) is 0 Å². The molecule has 0 saturated carbocycles. The molecule has 1 amide bonds. The second kappa shape index (κ2) is 6.54. The van der Waals surface area contributed by atoms with Gasteiger partial charge >= 0.3 is 0 Å². The largest absolute Gasteiger partial charge is 0.323 e. The maximum atomic E-state index is 14.7. The standard InChI is InChI=1S/C19H20ClFN2O/c1-19(2,13-4-3-5-14(20)10-13)18(24)23-16-7-6-12-11-22-9-8-15(12)17(16)21/h3-7,10,22H,8-9,11H2,1-2H3,(H,23,24). The zero-order chi connectivity index (χ0) is 17.3. The lowest BCUT2D eigenvalue weighted by Gasteiger charge is -2.25. The molecule has 0 radical (unpaired) electrons. The molecule has 2 N–H and O–H groups in total. The van der Waals surface area contributed by atoms with Crippen LogP contribution in [0, 0.1) is 5.82 Å². The van der Waals surface area contributed by atoms with Gasteiger partial charge < -0.3 is 10.6 Å². The Bertz CT molecular complexity index is 789. The number of carbonyl (C=O) groups is 1. The van der Waals surface area contributed by atoms with Gasteiger partial charge in [0, 0.05) is 11.6 Å². The predicted octanol–water partition coefficient (Wildman–Crippen LogP) is 4.04. The van der Waals surface area contributed by atoms with E-state index in [0.717, 1.165) is 17.7 Å². The van der Waals surface area contributed by atoms with Gasteiger partial charge in [-0.3, -0.25) is 4.79 Å². The highest BCUT2D eigenvalue weighted by Gasteiger charge is 2.31. The smallest absolute Gasteiger partial charge is 0.234 e. The summed E-state index contributed by atoms with van der Waals surface area (Å²) in [6.45, 7) is 5.01. The highest BCUT2D eigenvalue weighted by atomic mass is 35.5. The normalized spacial score (nSPS) is 14.2. The molecule has 0 bridgehead atoms. The van der Waals surface area contributed by atoms with Crippen molar-refractivity contribution in [3.05, 3.63) is 63.9 Å². The van der Waals surface area contributed by atoms with Gasteiger partial charge in [-0.05, 0) is 61.7 Å². The number of hydrogen-bond acceptors (Lipinski definition) is 2. The molecule has 3 rings (SSSR count). The molecule has 0 unspecified atom stereocenters. The van der Waals surface area contributed by atoms with Crippen molar-refractivity contribution in [3.8, 4) is 0 Å². The minimum atomic E-state index is -0.825. The number of amides is 1. The number of nitrogens with one attached hydrogen (secondary N) is 2. The Kier molecular flexibility index (Phi) is 4.61. The summed E-state index contributed by atoms with van der Waals surface area (Å²) in [6, 6.07) is 10.7. The predicted molar refractivity (Wildman–Crippen MR) is 94.9 cm³/mol. The first-order valence-electron chi connectivity index (χ1n) is 7.98. The van der Waals surface area contributed by atoms with Crippen molar-refractivity contribution < 1.29 is 9.18 Å². The van der Waals surface area contributed by atoms with Crippen LogP contribution >= 0.6 is 11.6 Å². The lowest BCUT2D eigenvalue weighted by molar-refractivity contribution is -0.120. The van der Waals surface area contributed by atoms with Gasteiger partial charge in [-0.15, -0.1) is 0 Å². The molecular formula is C19H20ClFN2O. The van der Waals surface area contributed by atoms with E-state index in [1.807, 2.05) is 12.1 Å². The Hall–Kier alpha value is -1.91. The fourth-order valence-electron chi connectivity index (χ4n) is 2.92. The highest BCUT2D eigenvalue weighted by Crippen LogP contribution is 2.29. The van der Waals surface area contributed by atoms with Gasteiger partial charge in [-0.2, -0.15) is 0 Å². The van der Waals surface area contributed by atoms with Gasteiger partial charge in [0.2, 0.25) is 5.91 Å². The van der Waals surface area contributed by atoms with Crippen molar-refractivity contribution in [2.45, 2.75) is 32.2 Å². The van der Waals surface area contributed by atoms with Gasteiger partial charge in [0.15, 0.2) is 0 Å². The molecule has 0 aliphatic carbocycles. The summed E-state index contributed by atoms with van der Waals surface area (Å²) in [5.74, 6) is -0.596. The first-order valence-corrected chi connectivity index (χ1v) is 8.36. The quantitative estimate of drug-likeness (QED) is 0.880. The van der Waals surface area contributed by atoms with Crippen molar-refractivity contribution in [2.75, 3.05) is 11.9 Å². The van der Waals surface area contributed by atoms with E-state index < -0.39 is 5.41 Å². The number of anilines is 1. The van der Waals surface area contributed by atoms with E-state index in [1.54, 1.807) is 38.1 Å². The van der Waals surface area contributed by atoms with Crippen LogP contribution in [0.5, 0.6) is 0 Å². The van der Waals surface area contributed by atoms with Crippen LogP contribution in [0.1, 0.15) is 30.5 Å². The molecule has 1 aliphatic heterocycles. The maximum Gasteiger partial charge on any atom is 0.234 e. The zero-order valence-electron chi connectivity index (χ0n) is 13.7. The third-order valence-corrected chi connectivity index (χ3v) is 4.80.